The van der Waals surface area contributed by atoms with Gasteiger partial charge in [-0.1, -0.05) is 5.21 Å². The summed E-state index contributed by atoms with van der Waals surface area (Å²) in [5, 5.41) is 12.2. The Morgan fingerprint density at radius 3 is 2.47 bits per heavy atom. The van der Waals surface area contributed by atoms with Crippen LogP contribution in [0.4, 0.5) is 17.6 Å². The van der Waals surface area contributed by atoms with Crippen LogP contribution in [0.1, 0.15) is 40.3 Å². The normalized spacial score (nSPS) is 13.0. The molecule has 1 amide bonds. The molecule has 0 aliphatic carbocycles. The van der Waals surface area contributed by atoms with Crippen LogP contribution in [0.5, 0.6) is 0 Å². The number of nitrogens with two attached hydrogens (primary N) is 2. The number of hydrogen-bond donors (Lipinski definition) is 4. The van der Waals surface area contributed by atoms with E-state index in [-0.39, 0.29) is 48.0 Å². The molecule has 1 atom stereocenters. The summed E-state index contributed by atoms with van der Waals surface area (Å²) in [6, 6.07) is 1.69. The largest absolute Gasteiger partial charge is 0.416 e. The summed E-state index contributed by atoms with van der Waals surface area (Å²) in [6.45, 7) is 1.31. The maximum absolute atomic E-state index is 14.0. The minimum atomic E-state index is -4.55. The number of allylic oxidation sites excluding steroid dienone is 3. The van der Waals surface area contributed by atoms with Crippen molar-refractivity contribution < 1.29 is 27.2 Å². The Balaban J connectivity index is 0.00000205. The molecule has 198 valence electrons. The quantitative estimate of drug-likeness (QED) is 0.213. The van der Waals surface area contributed by atoms with Crippen LogP contribution in [-0.2, 0) is 23.9 Å². The smallest absolute Gasteiger partial charge is 0.402 e. The highest BCUT2D eigenvalue weighted by molar-refractivity contribution is 5.79. The van der Waals surface area contributed by atoms with E-state index in [1.807, 2.05) is 14.1 Å². The summed E-state index contributed by atoms with van der Waals surface area (Å²) >= 11 is 0. The third kappa shape index (κ3) is 11.6. The van der Waals surface area contributed by atoms with Gasteiger partial charge < -0.3 is 22.1 Å². The molecule has 0 fully saturated rings. The number of pyridine rings is 1. The fraction of sp³-hybridized carbons (Fsp3) is 0.409. The van der Waals surface area contributed by atoms with Crippen molar-refractivity contribution in [2.75, 3.05) is 14.1 Å². The Labute approximate surface area is 205 Å². The van der Waals surface area contributed by atoms with E-state index in [9.17, 15) is 27.2 Å². The Morgan fingerprint density at radius 2 is 1.89 bits per heavy atom. The Hall–Kier alpha value is -3.81. The van der Waals surface area contributed by atoms with Gasteiger partial charge in [0, 0.05) is 11.4 Å². The molecule has 0 aromatic carbocycles. The number of aldehydes is 1. The predicted molar refractivity (Wildman–Crippen MR) is 125 cm³/mol. The topological polar surface area (TPSA) is 154 Å². The highest BCUT2D eigenvalue weighted by Gasteiger charge is 2.31. The zero-order chi connectivity index (χ0) is 27.3. The fourth-order valence-corrected chi connectivity index (χ4v) is 2.76. The van der Waals surface area contributed by atoms with Crippen molar-refractivity contribution in [3.63, 3.8) is 0 Å². The van der Waals surface area contributed by atoms with Crippen molar-refractivity contribution in [3.8, 4) is 0 Å². The molecule has 2 heterocycles. The molecule has 2 aromatic rings. The van der Waals surface area contributed by atoms with Gasteiger partial charge in [-0.15, -0.1) is 5.10 Å². The van der Waals surface area contributed by atoms with Crippen molar-refractivity contribution in [3.05, 3.63) is 64.6 Å². The molecule has 0 saturated carbocycles. The number of hydrogen-bond acceptors (Lipinski definition) is 8. The maximum Gasteiger partial charge on any atom is 0.416 e. The second-order valence-electron chi connectivity index (χ2n) is 7.69. The maximum atomic E-state index is 14.0. The summed E-state index contributed by atoms with van der Waals surface area (Å²) in [5.41, 5.74) is 11.1. The average molecular weight is 515 g/mol. The molecule has 2 aromatic heterocycles. The van der Waals surface area contributed by atoms with E-state index < -0.39 is 30.2 Å². The number of alkyl halides is 4. The van der Waals surface area contributed by atoms with Crippen molar-refractivity contribution in [2.45, 2.75) is 45.1 Å². The first-order chi connectivity index (χ1) is 16.9. The molecule has 0 bridgehead atoms. The minimum absolute atomic E-state index is 0.0516. The predicted octanol–water partition coefficient (Wildman–Crippen LogP) is 1.77. The second kappa shape index (κ2) is 14.6. The first-order valence-electron chi connectivity index (χ1n) is 10.7. The zero-order valence-electron chi connectivity index (χ0n) is 20.1. The molecule has 0 aliphatic heterocycles. The van der Waals surface area contributed by atoms with Crippen LogP contribution in [0.25, 0.3) is 0 Å². The molecule has 2 rings (SSSR count). The van der Waals surface area contributed by atoms with Gasteiger partial charge in [0.2, 0.25) is 5.91 Å². The highest BCUT2D eigenvalue weighted by Crippen LogP contribution is 2.29. The van der Waals surface area contributed by atoms with Crippen molar-refractivity contribution in [1.82, 2.24) is 30.6 Å². The third-order valence-corrected chi connectivity index (χ3v) is 4.24. The number of carbonyl (C=O) groups is 2. The van der Waals surface area contributed by atoms with Gasteiger partial charge in [-0.2, -0.15) is 13.2 Å². The van der Waals surface area contributed by atoms with Gasteiger partial charge in [0.25, 0.3) is 0 Å². The zero-order valence-corrected chi connectivity index (χ0v) is 20.1. The van der Waals surface area contributed by atoms with E-state index in [1.54, 1.807) is 0 Å². The number of carbonyl (C=O) groups excluding carboxylic acids is 2. The Kier molecular flexibility index (Phi) is 12.2. The number of aryl methyl sites for hydroxylation is 1. The lowest BCUT2D eigenvalue weighted by Gasteiger charge is -2.10. The van der Waals surface area contributed by atoms with Gasteiger partial charge >= 0.3 is 6.18 Å². The van der Waals surface area contributed by atoms with Crippen molar-refractivity contribution >= 4 is 12.2 Å². The van der Waals surface area contributed by atoms with Crippen molar-refractivity contribution in [2.24, 2.45) is 11.5 Å². The Bertz CT molecular complexity index is 1070. The molecule has 0 spiro atoms. The number of aromatic nitrogens is 4. The number of nitrogens with zero attached hydrogens (tertiary/aromatic N) is 4. The molecule has 0 radical (unpaired) electrons. The molecule has 0 aliphatic rings. The highest BCUT2D eigenvalue weighted by atomic mass is 19.4. The van der Waals surface area contributed by atoms with Gasteiger partial charge in [0.15, 0.2) is 6.29 Å². The van der Waals surface area contributed by atoms with Crippen LogP contribution in [-0.4, -0.2) is 52.4 Å². The number of rotatable bonds is 10. The summed E-state index contributed by atoms with van der Waals surface area (Å²) in [7, 11) is 3.75. The van der Waals surface area contributed by atoms with Gasteiger partial charge in [-0.3, -0.25) is 14.6 Å². The molecule has 0 saturated heterocycles. The number of amides is 1. The average Bonchev–Trinajstić information content (AvgIpc) is 3.23. The van der Waals surface area contributed by atoms with E-state index in [2.05, 4.69) is 25.9 Å². The number of halogens is 4. The van der Waals surface area contributed by atoms with Crippen molar-refractivity contribution in [1.29, 1.82) is 0 Å². The molecule has 36 heavy (non-hydrogen) atoms. The monoisotopic (exact) mass is 514 g/mol. The van der Waals surface area contributed by atoms with E-state index in [0.29, 0.717) is 6.29 Å². The SMILES string of the molecule is CNC.Cc1cc(C(F)(F)F)cc(CC(=O)N/C(N)=C/C=C(\N)CCC(F)Cn2cc(C=O)nn2)n1. The van der Waals surface area contributed by atoms with Gasteiger partial charge in [-0.05, 0) is 58.1 Å². The first-order valence-corrected chi connectivity index (χ1v) is 10.7. The summed E-state index contributed by atoms with van der Waals surface area (Å²) < 4.78 is 53.9. The molecular formula is C22H30F4N8O2. The standard InChI is InChI=1S/C20H23F4N7O2.C2H7N/c1-12-6-13(20(22,23)24)7-16(27-12)8-19(33)28-18(26)5-4-15(25)3-2-14(21)9-31-10-17(11-32)29-30-31;1-3-2/h4-7,10-11,14H,2-3,8-9,25-26H2,1H3,(H,28,33);3H,1-2H3/b15-4-,18-5+;. The van der Waals surface area contributed by atoms with Crippen LogP contribution in [0.2, 0.25) is 0 Å². The Morgan fingerprint density at radius 1 is 1.22 bits per heavy atom. The molecule has 6 N–H and O–H groups in total. The van der Waals surface area contributed by atoms with Crippen LogP contribution in [0, 0.1) is 6.92 Å². The minimum Gasteiger partial charge on any atom is -0.402 e. The molecule has 1 unspecified atom stereocenters. The lowest BCUT2D eigenvalue weighted by Crippen LogP contribution is -2.29. The van der Waals surface area contributed by atoms with Crippen LogP contribution in [0.15, 0.2) is 42.0 Å². The summed E-state index contributed by atoms with van der Waals surface area (Å²) in [5.74, 6) is -0.749. The molecule has 10 nitrogen and oxygen atoms in total. The van der Waals surface area contributed by atoms with Crippen LogP contribution >= 0.6 is 0 Å². The van der Waals surface area contributed by atoms with E-state index in [4.69, 9.17) is 11.5 Å². The summed E-state index contributed by atoms with van der Waals surface area (Å²) in [4.78, 5) is 26.5. The lowest BCUT2D eigenvalue weighted by atomic mass is 10.1. The molecular weight excluding hydrogens is 484 g/mol. The van der Waals surface area contributed by atoms with Gasteiger partial charge in [0.1, 0.15) is 17.7 Å². The lowest BCUT2D eigenvalue weighted by molar-refractivity contribution is -0.137. The molecule has 14 heteroatoms. The van der Waals surface area contributed by atoms with Crippen LogP contribution < -0.4 is 22.1 Å². The van der Waals surface area contributed by atoms with Gasteiger partial charge in [-0.25, -0.2) is 9.07 Å². The number of nitrogens with one attached hydrogen (secondary N) is 2. The van der Waals surface area contributed by atoms with E-state index >= 15 is 0 Å². The van der Waals surface area contributed by atoms with E-state index in [1.165, 1.54) is 30.0 Å². The fourth-order valence-electron chi connectivity index (χ4n) is 2.76. The summed E-state index contributed by atoms with van der Waals surface area (Å²) in [6.07, 6.45) is -1.49. The second-order valence-corrected chi connectivity index (χ2v) is 7.69. The van der Waals surface area contributed by atoms with Gasteiger partial charge in [0.05, 0.1) is 30.4 Å². The first kappa shape index (κ1) is 30.2. The van der Waals surface area contributed by atoms with E-state index in [0.717, 1.165) is 12.1 Å². The third-order valence-electron chi connectivity index (χ3n) is 4.24. The van der Waals surface area contributed by atoms with Crippen LogP contribution in [0.3, 0.4) is 0 Å².